The summed E-state index contributed by atoms with van der Waals surface area (Å²) in [5.41, 5.74) is 2.63. The second-order valence-corrected chi connectivity index (χ2v) is 4.62. The summed E-state index contributed by atoms with van der Waals surface area (Å²) < 4.78 is 5.27. The lowest BCUT2D eigenvalue weighted by Gasteiger charge is -2.28. The van der Waals surface area contributed by atoms with Gasteiger partial charge in [0.2, 0.25) is 0 Å². The first-order valence-electron chi connectivity index (χ1n) is 6.06. The van der Waals surface area contributed by atoms with Crippen LogP contribution in [0.1, 0.15) is 30.9 Å². The van der Waals surface area contributed by atoms with Gasteiger partial charge in [0, 0.05) is 6.04 Å². The second kappa shape index (κ2) is 4.42. The number of aliphatic carboxylic acids is 1. The quantitative estimate of drug-likeness (QED) is 0.848. The van der Waals surface area contributed by atoms with Gasteiger partial charge in [-0.3, -0.25) is 10.1 Å². The van der Waals surface area contributed by atoms with Crippen LogP contribution in [0.15, 0.2) is 29.0 Å². The van der Waals surface area contributed by atoms with Gasteiger partial charge in [-0.2, -0.15) is 0 Å². The molecule has 1 saturated heterocycles. The molecule has 2 heterocycles. The molecule has 1 fully saturated rings. The Morgan fingerprint density at radius 1 is 1.44 bits per heavy atom. The number of fused-ring (bicyclic) bond motifs is 1. The molecule has 18 heavy (non-hydrogen) atoms. The van der Waals surface area contributed by atoms with Crippen LogP contribution in [0.4, 0.5) is 0 Å². The highest BCUT2D eigenvalue weighted by atomic mass is 16.4. The number of carboxylic acid groups (broad SMARTS) is 1. The van der Waals surface area contributed by atoms with Crippen LogP contribution in [0, 0.1) is 0 Å². The molecule has 1 aromatic heterocycles. The largest absolute Gasteiger partial charge is 0.480 e. The first kappa shape index (κ1) is 11.2. The lowest BCUT2D eigenvalue weighted by molar-refractivity contribution is -0.140. The minimum absolute atomic E-state index is 0.0781. The van der Waals surface area contributed by atoms with Gasteiger partial charge in [0.05, 0.1) is 0 Å². The lowest BCUT2D eigenvalue weighted by atomic mass is 9.93. The maximum atomic E-state index is 11.0. The number of piperidine rings is 1. The molecule has 1 aliphatic rings. The molecule has 0 bridgehead atoms. The average Bonchev–Trinajstić information content (AvgIpc) is 2.86. The first-order chi connectivity index (χ1) is 8.74. The molecule has 0 radical (unpaired) electrons. The number of rotatable bonds is 2. The van der Waals surface area contributed by atoms with E-state index in [2.05, 4.69) is 10.3 Å². The number of carboxylic acids is 1. The number of benzene rings is 1. The standard InChI is InChI=1S/C13H14N2O3/c16-13(17)11-3-1-2-9(15-11)8-4-5-10-12(6-8)18-7-14-10/h4-7,9,11,15H,1-3H2,(H,16,17). The van der Waals surface area contributed by atoms with Crippen molar-refractivity contribution < 1.29 is 14.3 Å². The number of aromatic nitrogens is 1. The Hall–Kier alpha value is -1.88. The van der Waals surface area contributed by atoms with Gasteiger partial charge in [0.1, 0.15) is 11.6 Å². The Kier molecular flexibility index (Phi) is 2.76. The van der Waals surface area contributed by atoms with E-state index in [1.165, 1.54) is 6.39 Å². The van der Waals surface area contributed by atoms with Crippen molar-refractivity contribution in [2.45, 2.75) is 31.3 Å². The first-order valence-corrected chi connectivity index (χ1v) is 6.06. The molecule has 2 unspecified atom stereocenters. The van der Waals surface area contributed by atoms with Crippen molar-refractivity contribution in [3.05, 3.63) is 30.2 Å². The third-order valence-corrected chi connectivity index (χ3v) is 3.44. The molecular weight excluding hydrogens is 232 g/mol. The SMILES string of the molecule is O=C(O)C1CCCC(c2ccc3ncoc3c2)N1. The van der Waals surface area contributed by atoms with Crippen LogP contribution < -0.4 is 5.32 Å². The van der Waals surface area contributed by atoms with Crippen molar-refractivity contribution in [3.63, 3.8) is 0 Å². The van der Waals surface area contributed by atoms with E-state index in [1.54, 1.807) is 0 Å². The van der Waals surface area contributed by atoms with Gasteiger partial charge in [0.15, 0.2) is 12.0 Å². The number of oxazole rings is 1. The summed E-state index contributed by atoms with van der Waals surface area (Å²) in [4.78, 5) is 15.1. The molecule has 5 nitrogen and oxygen atoms in total. The molecular formula is C13H14N2O3. The average molecular weight is 246 g/mol. The van der Waals surface area contributed by atoms with Crippen LogP contribution in [0.25, 0.3) is 11.1 Å². The predicted molar refractivity (Wildman–Crippen MR) is 65.2 cm³/mol. The molecule has 0 amide bonds. The molecule has 0 aliphatic carbocycles. The number of nitrogens with zero attached hydrogens (tertiary/aromatic N) is 1. The van der Waals surface area contributed by atoms with Crippen LogP contribution in [0.3, 0.4) is 0 Å². The van der Waals surface area contributed by atoms with Crippen LogP contribution in [-0.2, 0) is 4.79 Å². The van der Waals surface area contributed by atoms with Gasteiger partial charge in [-0.05, 0) is 37.0 Å². The predicted octanol–water partition coefficient (Wildman–Crippen LogP) is 2.10. The Labute approximate surface area is 104 Å². The van der Waals surface area contributed by atoms with Gasteiger partial charge in [-0.25, -0.2) is 4.98 Å². The van der Waals surface area contributed by atoms with Gasteiger partial charge in [-0.1, -0.05) is 6.07 Å². The van der Waals surface area contributed by atoms with E-state index in [0.717, 1.165) is 29.5 Å². The fourth-order valence-electron chi connectivity index (χ4n) is 2.48. The molecule has 5 heteroatoms. The topological polar surface area (TPSA) is 75.4 Å². The lowest BCUT2D eigenvalue weighted by Crippen LogP contribution is -2.42. The summed E-state index contributed by atoms with van der Waals surface area (Å²) >= 11 is 0. The highest BCUT2D eigenvalue weighted by molar-refractivity contribution is 5.74. The van der Waals surface area contributed by atoms with Gasteiger partial charge < -0.3 is 9.52 Å². The summed E-state index contributed by atoms with van der Waals surface area (Å²) in [6, 6.07) is 5.44. The summed E-state index contributed by atoms with van der Waals surface area (Å²) in [6.45, 7) is 0. The van der Waals surface area contributed by atoms with Crippen LogP contribution in [-0.4, -0.2) is 22.1 Å². The molecule has 1 aliphatic heterocycles. The third kappa shape index (κ3) is 1.97. The Balaban J connectivity index is 1.86. The smallest absolute Gasteiger partial charge is 0.320 e. The van der Waals surface area contributed by atoms with Crippen molar-refractivity contribution in [1.29, 1.82) is 0 Å². The highest BCUT2D eigenvalue weighted by Crippen LogP contribution is 2.27. The van der Waals surface area contributed by atoms with E-state index in [1.807, 2.05) is 18.2 Å². The van der Waals surface area contributed by atoms with Crippen LogP contribution in [0.2, 0.25) is 0 Å². The molecule has 1 aromatic carbocycles. The Morgan fingerprint density at radius 3 is 3.17 bits per heavy atom. The number of hydrogen-bond donors (Lipinski definition) is 2. The van der Waals surface area contributed by atoms with Crippen molar-refractivity contribution in [2.24, 2.45) is 0 Å². The van der Waals surface area contributed by atoms with Crippen LogP contribution >= 0.6 is 0 Å². The van der Waals surface area contributed by atoms with E-state index in [0.29, 0.717) is 6.42 Å². The van der Waals surface area contributed by atoms with Crippen molar-refractivity contribution >= 4 is 17.1 Å². The Bertz CT molecular complexity index is 578. The van der Waals surface area contributed by atoms with E-state index in [9.17, 15) is 4.79 Å². The number of carbonyl (C=O) groups is 1. The fourth-order valence-corrected chi connectivity index (χ4v) is 2.48. The molecule has 94 valence electrons. The van der Waals surface area contributed by atoms with E-state index < -0.39 is 12.0 Å². The van der Waals surface area contributed by atoms with Gasteiger partial charge in [0.25, 0.3) is 0 Å². The van der Waals surface area contributed by atoms with E-state index in [4.69, 9.17) is 9.52 Å². The zero-order chi connectivity index (χ0) is 12.5. The van der Waals surface area contributed by atoms with E-state index >= 15 is 0 Å². The maximum absolute atomic E-state index is 11.0. The molecule has 2 N–H and O–H groups in total. The van der Waals surface area contributed by atoms with Crippen molar-refractivity contribution in [3.8, 4) is 0 Å². The van der Waals surface area contributed by atoms with Gasteiger partial charge >= 0.3 is 5.97 Å². The van der Waals surface area contributed by atoms with E-state index in [-0.39, 0.29) is 6.04 Å². The molecule has 3 rings (SSSR count). The minimum Gasteiger partial charge on any atom is -0.480 e. The zero-order valence-corrected chi connectivity index (χ0v) is 9.80. The van der Waals surface area contributed by atoms with Gasteiger partial charge in [-0.15, -0.1) is 0 Å². The molecule has 0 saturated carbocycles. The second-order valence-electron chi connectivity index (χ2n) is 4.62. The third-order valence-electron chi connectivity index (χ3n) is 3.44. The zero-order valence-electron chi connectivity index (χ0n) is 9.80. The maximum Gasteiger partial charge on any atom is 0.320 e. The minimum atomic E-state index is -0.777. The normalized spacial score (nSPS) is 24.2. The summed E-state index contributed by atoms with van der Waals surface area (Å²) in [5.74, 6) is -0.777. The summed E-state index contributed by atoms with van der Waals surface area (Å²) in [6.07, 6.45) is 3.98. The Morgan fingerprint density at radius 2 is 2.33 bits per heavy atom. The van der Waals surface area contributed by atoms with Crippen molar-refractivity contribution in [2.75, 3.05) is 0 Å². The molecule has 0 spiro atoms. The molecule has 2 aromatic rings. The number of nitrogens with one attached hydrogen (secondary N) is 1. The number of hydrogen-bond acceptors (Lipinski definition) is 4. The van der Waals surface area contributed by atoms with Crippen molar-refractivity contribution in [1.82, 2.24) is 10.3 Å². The highest BCUT2D eigenvalue weighted by Gasteiger charge is 2.26. The molecule has 2 atom stereocenters. The summed E-state index contributed by atoms with van der Waals surface area (Å²) in [5, 5.41) is 12.2. The fraction of sp³-hybridized carbons (Fsp3) is 0.385. The summed E-state index contributed by atoms with van der Waals surface area (Å²) in [7, 11) is 0. The van der Waals surface area contributed by atoms with Crippen LogP contribution in [0.5, 0.6) is 0 Å². The monoisotopic (exact) mass is 246 g/mol.